The first-order chi connectivity index (χ1) is 3.72. The number of aromatic nitrogens is 2. The molecular weight excluding hydrogens is 201 g/mol. The molecule has 0 amide bonds. The van der Waals surface area contributed by atoms with Crippen molar-refractivity contribution in [2.75, 3.05) is 0 Å². The SMILES string of the molecule is Cc1n[n-]c(C)c1C.[CH3-].[Y]. The molecule has 0 atom stereocenters. The topological polar surface area (TPSA) is 27.0 Å². The standard InChI is InChI=1S/C6H9N2.CH3.Y/c1-4-5(2)7-8-6(4)3;;/h1-3H3;1H3;/q2*-1;. The van der Waals surface area contributed by atoms with Crippen LogP contribution in [0.5, 0.6) is 0 Å². The smallest absolute Gasteiger partial charge is 0.0161 e. The van der Waals surface area contributed by atoms with E-state index in [9.17, 15) is 0 Å². The molecule has 2 nitrogen and oxygen atoms in total. The van der Waals surface area contributed by atoms with Gasteiger partial charge in [-0.05, 0) is 19.4 Å². The predicted molar refractivity (Wildman–Crippen MR) is 38.2 cm³/mol. The fraction of sp³-hybridized carbons (Fsp3) is 0.429. The Morgan fingerprint density at radius 1 is 1.20 bits per heavy atom. The van der Waals surface area contributed by atoms with Gasteiger partial charge in [0.2, 0.25) is 0 Å². The maximum Gasteiger partial charge on any atom is 0.0161 e. The Hall–Kier alpha value is 0.314. The van der Waals surface area contributed by atoms with Crippen molar-refractivity contribution in [3.05, 3.63) is 24.4 Å². The van der Waals surface area contributed by atoms with Crippen molar-refractivity contribution in [2.45, 2.75) is 20.8 Å². The van der Waals surface area contributed by atoms with E-state index < -0.39 is 0 Å². The quantitative estimate of drug-likeness (QED) is 0.609. The molecule has 1 aromatic heterocycles. The van der Waals surface area contributed by atoms with Crippen molar-refractivity contribution in [3.8, 4) is 0 Å². The van der Waals surface area contributed by atoms with E-state index in [0.717, 1.165) is 11.4 Å². The molecule has 1 rings (SSSR count). The van der Waals surface area contributed by atoms with Crippen LogP contribution in [0.15, 0.2) is 0 Å². The van der Waals surface area contributed by atoms with Gasteiger partial charge in [0, 0.05) is 38.4 Å². The molecule has 0 fully saturated rings. The van der Waals surface area contributed by atoms with Crippen LogP contribution in [0, 0.1) is 28.2 Å². The summed E-state index contributed by atoms with van der Waals surface area (Å²) in [6.45, 7) is 5.97. The maximum atomic E-state index is 3.87. The van der Waals surface area contributed by atoms with Gasteiger partial charge in [0.15, 0.2) is 0 Å². The summed E-state index contributed by atoms with van der Waals surface area (Å²) in [5, 5.41) is 7.73. The number of aryl methyl sites for hydroxylation is 2. The largest absolute Gasteiger partial charge is 0.579 e. The first-order valence-electron chi connectivity index (χ1n) is 2.65. The van der Waals surface area contributed by atoms with Crippen LogP contribution in [-0.2, 0) is 32.7 Å². The summed E-state index contributed by atoms with van der Waals surface area (Å²) in [5.74, 6) is 0. The van der Waals surface area contributed by atoms with Crippen LogP contribution in [0.3, 0.4) is 0 Å². The molecule has 0 saturated carbocycles. The first-order valence-corrected chi connectivity index (χ1v) is 2.65. The van der Waals surface area contributed by atoms with Crippen molar-refractivity contribution in [1.82, 2.24) is 10.2 Å². The molecule has 10 heavy (non-hydrogen) atoms. The Bertz CT molecular complexity index is 174. The average Bonchev–Trinajstić information content (AvgIpc) is 1.98. The summed E-state index contributed by atoms with van der Waals surface area (Å²) in [6, 6.07) is 0. The number of hydrogen-bond donors (Lipinski definition) is 0. The molecule has 0 bridgehead atoms. The summed E-state index contributed by atoms with van der Waals surface area (Å²) < 4.78 is 0. The first kappa shape index (κ1) is 12.9. The zero-order valence-electron chi connectivity index (χ0n) is 6.97. The zero-order valence-corrected chi connectivity index (χ0v) is 9.81. The summed E-state index contributed by atoms with van der Waals surface area (Å²) in [6.07, 6.45) is 0. The molecule has 1 radical (unpaired) electrons. The van der Waals surface area contributed by atoms with Gasteiger partial charge in [0.25, 0.3) is 0 Å². The molecule has 1 heterocycles. The van der Waals surface area contributed by atoms with Crippen LogP contribution in [0.25, 0.3) is 0 Å². The minimum atomic E-state index is 0. The predicted octanol–water partition coefficient (Wildman–Crippen LogP) is 1.41. The Kier molecular flexibility index (Phi) is 6.51. The second-order valence-electron chi connectivity index (χ2n) is 2.00. The number of nitrogens with zero attached hydrogens (tertiary/aromatic N) is 2. The normalized spacial score (nSPS) is 7.90. The Morgan fingerprint density at radius 3 is 1.80 bits per heavy atom. The van der Waals surface area contributed by atoms with Crippen molar-refractivity contribution in [3.63, 3.8) is 0 Å². The van der Waals surface area contributed by atoms with Gasteiger partial charge < -0.3 is 17.6 Å². The molecule has 0 spiro atoms. The summed E-state index contributed by atoms with van der Waals surface area (Å²) in [4.78, 5) is 0. The monoisotopic (exact) mass is 213 g/mol. The molecule has 3 heteroatoms. The fourth-order valence-corrected chi connectivity index (χ4v) is 0.562. The molecule has 0 saturated heterocycles. The van der Waals surface area contributed by atoms with E-state index in [4.69, 9.17) is 0 Å². The van der Waals surface area contributed by atoms with Gasteiger partial charge in [-0.2, -0.15) is 0 Å². The molecule has 0 N–H and O–H groups in total. The molecular formula is C7H12N2Y-2. The van der Waals surface area contributed by atoms with Gasteiger partial charge in [0.05, 0.1) is 0 Å². The van der Waals surface area contributed by atoms with E-state index in [0.29, 0.717) is 0 Å². The minimum absolute atomic E-state index is 0. The third-order valence-electron chi connectivity index (χ3n) is 1.44. The van der Waals surface area contributed by atoms with Gasteiger partial charge in [-0.15, -0.1) is 5.69 Å². The summed E-state index contributed by atoms with van der Waals surface area (Å²) in [7, 11) is 0. The van der Waals surface area contributed by atoms with Crippen LogP contribution in [0.2, 0.25) is 0 Å². The molecule has 0 aliphatic rings. The van der Waals surface area contributed by atoms with E-state index in [2.05, 4.69) is 10.2 Å². The van der Waals surface area contributed by atoms with Gasteiger partial charge in [-0.25, -0.2) is 0 Å². The molecule has 0 unspecified atom stereocenters. The third-order valence-corrected chi connectivity index (χ3v) is 1.44. The van der Waals surface area contributed by atoms with Crippen LogP contribution < -0.4 is 5.10 Å². The second kappa shape index (κ2) is 5.03. The molecule has 0 aromatic carbocycles. The zero-order chi connectivity index (χ0) is 6.15. The third kappa shape index (κ3) is 2.51. The summed E-state index contributed by atoms with van der Waals surface area (Å²) in [5.41, 5.74) is 3.30. The summed E-state index contributed by atoms with van der Waals surface area (Å²) >= 11 is 0. The van der Waals surface area contributed by atoms with Crippen LogP contribution in [0.1, 0.15) is 17.0 Å². The molecule has 55 valence electrons. The van der Waals surface area contributed by atoms with Gasteiger partial charge >= 0.3 is 0 Å². The van der Waals surface area contributed by atoms with E-state index >= 15 is 0 Å². The number of hydrogen-bond acceptors (Lipinski definition) is 1. The Morgan fingerprint density at radius 2 is 1.70 bits per heavy atom. The number of rotatable bonds is 0. The average molecular weight is 213 g/mol. The molecule has 0 aliphatic heterocycles. The Labute approximate surface area is 87.7 Å². The van der Waals surface area contributed by atoms with E-state index in [1.165, 1.54) is 5.56 Å². The Balaban J connectivity index is 0. The van der Waals surface area contributed by atoms with E-state index in [1.807, 2.05) is 20.8 Å². The van der Waals surface area contributed by atoms with Crippen molar-refractivity contribution >= 4 is 0 Å². The van der Waals surface area contributed by atoms with Crippen LogP contribution in [0.4, 0.5) is 0 Å². The van der Waals surface area contributed by atoms with Crippen molar-refractivity contribution in [1.29, 1.82) is 0 Å². The fourth-order valence-electron chi connectivity index (χ4n) is 0.562. The maximum absolute atomic E-state index is 3.87. The van der Waals surface area contributed by atoms with Gasteiger partial charge in [-0.3, -0.25) is 0 Å². The minimum Gasteiger partial charge on any atom is -0.579 e. The van der Waals surface area contributed by atoms with Gasteiger partial charge in [-0.1, -0.05) is 6.92 Å². The van der Waals surface area contributed by atoms with Crippen molar-refractivity contribution in [2.24, 2.45) is 0 Å². The van der Waals surface area contributed by atoms with Crippen molar-refractivity contribution < 1.29 is 32.7 Å². The molecule has 1 aromatic rings. The van der Waals surface area contributed by atoms with E-state index in [-0.39, 0.29) is 40.1 Å². The van der Waals surface area contributed by atoms with Gasteiger partial charge in [0.1, 0.15) is 0 Å². The molecule has 0 aliphatic carbocycles. The van der Waals surface area contributed by atoms with E-state index in [1.54, 1.807) is 0 Å². The second-order valence-corrected chi connectivity index (χ2v) is 2.00. The van der Waals surface area contributed by atoms with Crippen LogP contribution >= 0.6 is 0 Å². The van der Waals surface area contributed by atoms with Crippen LogP contribution in [-0.4, -0.2) is 5.10 Å².